The van der Waals surface area contributed by atoms with E-state index in [9.17, 15) is 13.2 Å². The van der Waals surface area contributed by atoms with Crippen molar-refractivity contribution in [3.05, 3.63) is 35.4 Å². The minimum Gasteiger partial charge on any atom is -0.489 e. The summed E-state index contributed by atoms with van der Waals surface area (Å²) < 4.78 is 48.6. The highest BCUT2D eigenvalue weighted by Crippen LogP contribution is 2.38. The van der Waals surface area contributed by atoms with E-state index in [1.165, 1.54) is 32.1 Å². The van der Waals surface area contributed by atoms with Crippen LogP contribution in [0.1, 0.15) is 56.1 Å². The number of allylic oxidation sites excluding steroid dienone is 2. The summed E-state index contributed by atoms with van der Waals surface area (Å²) in [6.45, 7) is 2.13. The largest absolute Gasteiger partial charge is 0.573 e. The number of rotatable bonds is 7. The minimum atomic E-state index is -4.72. The van der Waals surface area contributed by atoms with Crippen molar-refractivity contribution in [2.75, 3.05) is 6.61 Å². The quantitative estimate of drug-likeness (QED) is 0.521. The fourth-order valence-electron chi connectivity index (χ4n) is 3.69. The van der Waals surface area contributed by atoms with Crippen molar-refractivity contribution in [1.82, 2.24) is 0 Å². The summed E-state index contributed by atoms with van der Waals surface area (Å²) in [5.74, 6) is 1.06. The molecule has 5 heteroatoms. The van der Waals surface area contributed by atoms with Crippen LogP contribution < -0.4 is 9.47 Å². The molecule has 3 rings (SSSR count). The van der Waals surface area contributed by atoms with E-state index in [4.69, 9.17) is 4.74 Å². The second-order valence-corrected chi connectivity index (χ2v) is 7.51. The van der Waals surface area contributed by atoms with Gasteiger partial charge in [0.2, 0.25) is 0 Å². The van der Waals surface area contributed by atoms with Crippen LogP contribution in [0, 0.1) is 18.8 Å². The predicted octanol–water partition coefficient (Wildman–Crippen LogP) is 6.36. The summed E-state index contributed by atoms with van der Waals surface area (Å²) in [6.07, 6.45) is 8.47. The molecule has 0 aliphatic heterocycles. The number of hydrogen-bond donors (Lipinski definition) is 0. The van der Waals surface area contributed by atoms with E-state index < -0.39 is 6.36 Å². The van der Waals surface area contributed by atoms with Gasteiger partial charge in [-0.2, -0.15) is 0 Å². The Balaban J connectivity index is 1.73. The molecule has 0 radical (unpaired) electrons. The van der Waals surface area contributed by atoms with Crippen LogP contribution >= 0.6 is 0 Å². The molecule has 1 aromatic carbocycles. The molecule has 0 atom stereocenters. The lowest BCUT2D eigenvalue weighted by molar-refractivity contribution is -0.275. The third kappa shape index (κ3) is 5.18. The standard InChI is InChI=1S/C21H27F3O2/c1-15-18(11-5-8-16-6-2-3-7-16)12-13-19(20(15)26-21(22,23)24)25-14-17-9-4-10-17/h5,8,12-13,16-17H,2-4,6-7,9-11,14H2,1H3/b8-5+. The van der Waals surface area contributed by atoms with Gasteiger partial charge < -0.3 is 9.47 Å². The number of benzene rings is 1. The molecule has 2 aliphatic rings. The summed E-state index contributed by atoms with van der Waals surface area (Å²) in [5, 5.41) is 0. The van der Waals surface area contributed by atoms with Gasteiger partial charge in [-0.25, -0.2) is 0 Å². The Morgan fingerprint density at radius 2 is 1.81 bits per heavy atom. The highest BCUT2D eigenvalue weighted by Gasteiger charge is 2.34. The molecule has 2 nitrogen and oxygen atoms in total. The van der Waals surface area contributed by atoms with Gasteiger partial charge in [-0.3, -0.25) is 0 Å². The summed E-state index contributed by atoms with van der Waals surface area (Å²) >= 11 is 0. The van der Waals surface area contributed by atoms with Crippen LogP contribution in [-0.2, 0) is 6.42 Å². The Morgan fingerprint density at radius 3 is 2.42 bits per heavy atom. The van der Waals surface area contributed by atoms with Crippen LogP contribution in [0.5, 0.6) is 11.5 Å². The molecular weight excluding hydrogens is 341 g/mol. The van der Waals surface area contributed by atoms with Crippen molar-refractivity contribution >= 4 is 0 Å². The second kappa shape index (κ2) is 8.36. The molecule has 0 heterocycles. The lowest BCUT2D eigenvalue weighted by Gasteiger charge is -2.26. The fraction of sp³-hybridized carbons (Fsp3) is 0.619. The molecule has 1 aromatic rings. The van der Waals surface area contributed by atoms with Gasteiger partial charge in [0.1, 0.15) is 0 Å². The van der Waals surface area contributed by atoms with Gasteiger partial charge in [-0.15, -0.1) is 13.2 Å². The van der Waals surface area contributed by atoms with Gasteiger partial charge in [0, 0.05) is 0 Å². The van der Waals surface area contributed by atoms with E-state index in [0.717, 1.165) is 18.4 Å². The molecule has 0 bridgehead atoms. The van der Waals surface area contributed by atoms with E-state index in [2.05, 4.69) is 16.9 Å². The summed E-state index contributed by atoms with van der Waals surface area (Å²) in [5.41, 5.74) is 1.35. The molecule has 2 fully saturated rings. The van der Waals surface area contributed by atoms with E-state index in [1.54, 1.807) is 13.0 Å². The molecule has 26 heavy (non-hydrogen) atoms. The molecule has 0 amide bonds. The van der Waals surface area contributed by atoms with Crippen LogP contribution in [0.3, 0.4) is 0 Å². The SMILES string of the molecule is Cc1c(C/C=C/C2CCCC2)ccc(OCC2CCC2)c1OC(F)(F)F. The molecule has 0 N–H and O–H groups in total. The lowest BCUT2D eigenvalue weighted by Crippen LogP contribution is -2.21. The first-order chi connectivity index (χ1) is 12.4. The van der Waals surface area contributed by atoms with Gasteiger partial charge in [-0.05, 0) is 68.1 Å². The zero-order valence-corrected chi connectivity index (χ0v) is 15.3. The van der Waals surface area contributed by atoms with E-state index in [0.29, 0.717) is 30.4 Å². The molecule has 0 unspecified atom stereocenters. The summed E-state index contributed by atoms with van der Waals surface area (Å²) in [4.78, 5) is 0. The van der Waals surface area contributed by atoms with Crippen LogP contribution in [-0.4, -0.2) is 13.0 Å². The zero-order valence-electron chi connectivity index (χ0n) is 15.3. The first kappa shape index (κ1) is 19.1. The number of alkyl halides is 3. The zero-order chi connectivity index (χ0) is 18.6. The van der Waals surface area contributed by atoms with Crippen LogP contribution in [0.2, 0.25) is 0 Å². The average molecular weight is 368 g/mol. The maximum absolute atomic E-state index is 12.9. The van der Waals surface area contributed by atoms with Crippen LogP contribution in [0.25, 0.3) is 0 Å². The maximum Gasteiger partial charge on any atom is 0.573 e. The lowest BCUT2D eigenvalue weighted by atomic mass is 9.86. The van der Waals surface area contributed by atoms with Gasteiger partial charge in [0.25, 0.3) is 0 Å². The van der Waals surface area contributed by atoms with E-state index in [1.807, 2.05) is 6.07 Å². The Hall–Kier alpha value is -1.65. The van der Waals surface area contributed by atoms with Gasteiger partial charge >= 0.3 is 6.36 Å². The minimum absolute atomic E-state index is 0.190. The van der Waals surface area contributed by atoms with Crippen LogP contribution in [0.15, 0.2) is 24.3 Å². The van der Waals surface area contributed by atoms with Crippen molar-refractivity contribution in [2.45, 2.75) is 64.7 Å². The highest BCUT2D eigenvalue weighted by molar-refractivity contribution is 5.50. The Morgan fingerprint density at radius 1 is 1.08 bits per heavy atom. The first-order valence-corrected chi connectivity index (χ1v) is 9.60. The fourth-order valence-corrected chi connectivity index (χ4v) is 3.69. The number of ether oxygens (including phenoxy) is 2. The van der Waals surface area contributed by atoms with E-state index >= 15 is 0 Å². The van der Waals surface area contributed by atoms with Gasteiger partial charge in [0.15, 0.2) is 11.5 Å². The molecule has 144 valence electrons. The van der Waals surface area contributed by atoms with Crippen molar-refractivity contribution < 1.29 is 22.6 Å². The normalized spacial score (nSPS) is 19.1. The Kier molecular flexibility index (Phi) is 6.15. The molecule has 0 aromatic heterocycles. The molecule has 2 saturated carbocycles. The Labute approximate surface area is 153 Å². The number of hydrogen-bond acceptors (Lipinski definition) is 2. The topological polar surface area (TPSA) is 18.5 Å². The summed E-state index contributed by atoms with van der Waals surface area (Å²) in [6, 6.07) is 3.47. The van der Waals surface area contributed by atoms with Gasteiger partial charge in [-0.1, -0.05) is 37.5 Å². The molecular formula is C21H27F3O2. The monoisotopic (exact) mass is 368 g/mol. The molecule has 0 saturated heterocycles. The Bertz CT molecular complexity index is 627. The number of halogens is 3. The van der Waals surface area contributed by atoms with Crippen molar-refractivity contribution in [1.29, 1.82) is 0 Å². The third-order valence-corrected chi connectivity index (χ3v) is 5.54. The molecule has 2 aliphatic carbocycles. The van der Waals surface area contributed by atoms with Crippen molar-refractivity contribution in [3.8, 4) is 11.5 Å². The predicted molar refractivity (Wildman–Crippen MR) is 95.5 cm³/mol. The van der Waals surface area contributed by atoms with Crippen molar-refractivity contribution in [3.63, 3.8) is 0 Å². The maximum atomic E-state index is 12.9. The van der Waals surface area contributed by atoms with E-state index in [-0.39, 0.29) is 11.5 Å². The smallest absolute Gasteiger partial charge is 0.489 e. The first-order valence-electron chi connectivity index (χ1n) is 9.60. The van der Waals surface area contributed by atoms with Crippen LogP contribution in [0.4, 0.5) is 13.2 Å². The van der Waals surface area contributed by atoms with Crippen molar-refractivity contribution in [2.24, 2.45) is 11.8 Å². The summed E-state index contributed by atoms with van der Waals surface area (Å²) in [7, 11) is 0. The third-order valence-electron chi connectivity index (χ3n) is 5.54. The van der Waals surface area contributed by atoms with Gasteiger partial charge in [0.05, 0.1) is 6.61 Å². The second-order valence-electron chi connectivity index (χ2n) is 7.51. The highest BCUT2D eigenvalue weighted by atomic mass is 19.4. The molecule has 0 spiro atoms. The average Bonchev–Trinajstić information content (AvgIpc) is 3.03.